The molecule has 4 heteroatoms. The smallest absolute Gasteiger partial charge is 0.253 e. The number of carbonyl (C=O) groups is 1. The SMILES string of the molecule is CCCCN(c1cc(N)ccc1C(=O)NC)C(C)CC. The molecule has 1 aromatic rings. The van der Waals surface area contributed by atoms with Crippen LogP contribution in [0.2, 0.25) is 0 Å². The van der Waals surface area contributed by atoms with Gasteiger partial charge in [0.2, 0.25) is 0 Å². The molecule has 1 rings (SSSR count). The number of hydrogen-bond donors (Lipinski definition) is 2. The molecule has 0 aliphatic rings. The summed E-state index contributed by atoms with van der Waals surface area (Å²) in [6.07, 6.45) is 3.27. The predicted octanol–water partition coefficient (Wildman–Crippen LogP) is 3.03. The lowest BCUT2D eigenvalue weighted by atomic mass is 10.1. The van der Waals surface area contributed by atoms with Crippen LogP contribution >= 0.6 is 0 Å². The van der Waals surface area contributed by atoms with Crippen molar-refractivity contribution < 1.29 is 4.79 Å². The first-order valence-corrected chi connectivity index (χ1v) is 7.43. The molecule has 0 bridgehead atoms. The third kappa shape index (κ3) is 3.89. The lowest BCUT2D eigenvalue weighted by Gasteiger charge is -2.32. The van der Waals surface area contributed by atoms with Crippen molar-refractivity contribution in [3.8, 4) is 0 Å². The zero-order chi connectivity index (χ0) is 15.1. The van der Waals surface area contributed by atoms with Gasteiger partial charge in [-0.25, -0.2) is 0 Å². The lowest BCUT2D eigenvalue weighted by molar-refractivity contribution is 0.0963. The van der Waals surface area contributed by atoms with E-state index in [1.807, 2.05) is 12.1 Å². The van der Waals surface area contributed by atoms with E-state index in [9.17, 15) is 4.79 Å². The Morgan fingerprint density at radius 2 is 2.10 bits per heavy atom. The van der Waals surface area contributed by atoms with Gasteiger partial charge in [-0.2, -0.15) is 0 Å². The highest BCUT2D eigenvalue weighted by atomic mass is 16.1. The van der Waals surface area contributed by atoms with E-state index in [1.54, 1.807) is 13.1 Å². The topological polar surface area (TPSA) is 58.4 Å². The van der Waals surface area contributed by atoms with Crippen LogP contribution in [0.25, 0.3) is 0 Å². The molecule has 0 saturated carbocycles. The number of hydrogen-bond acceptors (Lipinski definition) is 3. The van der Waals surface area contributed by atoms with Gasteiger partial charge in [0.25, 0.3) is 5.91 Å². The highest BCUT2D eigenvalue weighted by molar-refractivity contribution is 6.00. The van der Waals surface area contributed by atoms with Crippen molar-refractivity contribution in [1.82, 2.24) is 5.32 Å². The summed E-state index contributed by atoms with van der Waals surface area (Å²) >= 11 is 0. The molecule has 1 aromatic carbocycles. The standard InChI is InChI=1S/C16H27N3O/c1-5-7-10-19(12(3)6-2)15-11-13(17)8-9-14(15)16(20)18-4/h8-9,11-12H,5-7,10,17H2,1-4H3,(H,18,20). The molecule has 0 fully saturated rings. The molecule has 0 heterocycles. The second-order valence-electron chi connectivity index (χ2n) is 5.16. The molecule has 0 aliphatic carbocycles. The molecule has 4 nitrogen and oxygen atoms in total. The van der Waals surface area contributed by atoms with Crippen LogP contribution in [0, 0.1) is 0 Å². The molecule has 20 heavy (non-hydrogen) atoms. The van der Waals surface area contributed by atoms with E-state index in [0.717, 1.165) is 31.5 Å². The second kappa shape index (κ2) is 7.78. The maximum atomic E-state index is 12.1. The minimum atomic E-state index is -0.0650. The van der Waals surface area contributed by atoms with E-state index in [-0.39, 0.29) is 5.91 Å². The van der Waals surface area contributed by atoms with Crippen molar-refractivity contribution >= 4 is 17.3 Å². The molecular weight excluding hydrogens is 250 g/mol. The Kier molecular flexibility index (Phi) is 6.36. The van der Waals surface area contributed by atoms with Gasteiger partial charge in [-0.3, -0.25) is 4.79 Å². The molecule has 1 amide bonds. The number of carbonyl (C=O) groups excluding carboxylic acids is 1. The van der Waals surface area contributed by atoms with E-state index in [1.165, 1.54) is 0 Å². The number of nitrogens with zero attached hydrogens (tertiary/aromatic N) is 1. The van der Waals surface area contributed by atoms with Crippen LogP contribution in [0.15, 0.2) is 18.2 Å². The molecule has 112 valence electrons. The Morgan fingerprint density at radius 1 is 1.40 bits per heavy atom. The third-order valence-corrected chi connectivity index (χ3v) is 3.68. The van der Waals surface area contributed by atoms with E-state index in [0.29, 0.717) is 17.3 Å². The van der Waals surface area contributed by atoms with Crippen molar-refractivity contribution in [2.24, 2.45) is 0 Å². The Balaban J connectivity index is 3.22. The van der Waals surface area contributed by atoms with Crippen molar-refractivity contribution in [1.29, 1.82) is 0 Å². The molecule has 0 spiro atoms. The Hall–Kier alpha value is -1.71. The summed E-state index contributed by atoms with van der Waals surface area (Å²) in [5.41, 5.74) is 8.24. The first-order valence-electron chi connectivity index (χ1n) is 7.43. The largest absolute Gasteiger partial charge is 0.399 e. The summed E-state index contributed by atoms with van der Waals surface area (Å²) in [6, 6.07) is 5.88. The zero-order valence-corrected chi connectivity index (χ0v) is 13.1. The molecular formula is C16H27N3O. The second-order valence-corrected chi connectivity index (χ2v) is 5.16. The number of amides is 1. The highest BCUT2D eigenvalue weighted by Gasteiger charge is 2.19. The first-order chi connectivity index (χ1) is 9.54. The van der Waals surface area contributed by atoms with Crippen LogP contribution in [-0.2, 0) is 0 Å². The van der Waals surface area contributed by atoms with Gasteiger partial charge >= 0.3 is 0 Å². The molecule has 3 N–H and O–H groups in total. The van der Waals surface area contributed by atoms with Gasteiger partial charge in [-0.05, 0) is 38.0 Å². The average molecular weight is 277 g/mol. The van der Waals surface area contributed by atoms with E-state index < -0.39 is 0 Å². The zero-order valence-electron chi connectivity index (χ0n) is 13.1. The summed E-state index contributed by atoms with van der Waals surface area (Å²) < 4.78 is 0. The number of nitrogens with two attached hydrogens (primary N) is 1. The molecule has 1 unspecified atom stereocenters. The first kappa shape index (κ1) is 16.3. The van der Waals surface area contributed by atoms with Gasteiger partial charge in [0.15, 0.2) is 0 Å². The summed E-state index contributed by atoms with van der Waals surface area (Å²) in [4.78, 5) is 14.4. The molecule has 0 saturated heterocycles. The van der Waals surface area contributed by atoms with Gasteiger partial charge in [-0.1, -0.05) is 20.3 Å². The fourth-order valence-corrected chi connectivity index (χ4v) is 2.24. The van der Waals surface area contributed by atoms with Crippen LogP contribution in [0.1, 0.15) is 50.4 Å². The Labute approximate surface area is 122 Å². The summed E-state index contributed by atoms with van der Waals surface area (Å²) in [6.45, 7) is 7.47. The van der Waals surface area contributed by atoms with E-state index >= 15 is 0 Å². The number of unbranched alkanes of at least 4 members (excludes halogenated alkanes) is 1. The monoisotopic (exact) mass is 277 g/mol. The van der Waals surface area contributed by atoms with Crippen molar-refractivity contribution in [2.45, 2.75) is 46.1 Å². The maximum absolute atomic E-state index is 12.1. The van der Waals surface area contributed by atoms with Crippen LogP contribution < -0.4 is 16.0 Å². The number of anilines is 2. The number of rotatable bonds is 7. The predicted molar refractivity (Wildman–Crippen MR) is 86.3 cm³/mol. The molecule has 1 atom stereocenters. The fraction of sp³-hybridized carbons (Fsp3) is 0.562. The number of benzene rings is 1. The van der Waals surface area contributed by atoms with Crippen molar-refractivity contribution in [3.05, 3.63) is 23.8 Å². The minimum absolute atomic E-state index is 0.0650. The molecule has 0 radical (unpaired) electrons. The van der Waals surface area contributed by atoms with Crippen LogP contribution in [-0.4, -0.2) is 25.5 Å². The van der Waals surface area contributed by atoms with Gasteiger partial charge in [0, 0.05) is 25.3 Å². The van der Waals surface area contributed by atoms with Gasteiger partial charge < -0.3 is 16.0 Å². The summed E-state index contributed by atoms with van der Waals surface area (Å²) in [7, 11) is 1.65. The number of nitrogens with one attached hydrogen (secondary N) is 1. The fourth-order valence-electron chi connectivity index (χ4n) is 2.24. The van der Waals surface area contributed by atoms with E-state index in [4.69, 9.17) is 5.73 Å². The lowest BCUT2D eigenvalue weighted by Crippen LogP contribution is -2.35. The van der Waals surface area contributed by atoms with Crippen molar-refractivity contribution in [2.75, 3.05) is 24.2 Å². The molecule has 0 aromatic heterocycles. The highest BCUT2D eigenvalue weighted by Crippen LogP contribution is 2.27. The minimum Gasteiger partial charge on any atom is -0.399 e. The van der Waals surface area contributed by atoms with Crippen LogP contribution in [0.4, 0.5) is 11.4 Å². The van der Waals surface area contributed by atoms with Crippen LogP contribution in [0.5, 0.6) is 0 Å². The van der Waals surface area contributed by atoms with Gasteiger partial charge in [-0.15, -0.1) is 0 Å². The Morgan fingerprint density at radius 3 is 2.65 bits per heavy atom. The van der Waals surface area contributed by atoms with Crippen molar-refractivity contribution in [3.63, 3.8) is 0 Å². The van der Waals surface area contributed by atoms with Gasteiger partial charge in [0.1, 0.15) is 0 Å². The normalized spacial score (nSPS) is 12.0. The average Bonchev–Trinajstić information content (AvgIpc) is 2.46. The number of nitrogen functional groups attached to an aromatic ring is 1. The van der Waals surface area contributed by atoms with Crippen LogP contribution in [0.3, 0.4) is 0 Å². The summed E-state index contributed by atoms with van der Waals surface area (Å²) in [5, 5.41) is 2.70. The molecule has 0 aliphatic heterocycles. The summed E-state index contributed by atoms with van der Waals surface area (Å²) in [5.74, 6) is -0.0650. The third-order valence-electron chi connectivity index (χ3n) is 3.68. The van der Waals surface area contributed by atoms with Gasteiger partial charge in [0.05, 0.1) is 11.3 Å². The van der Waals surface area contributed by atoms with E-state index in [2.05, 4.69) is 31.0 Å². The quantitative estimate of drug-likeness (QED) is 0.753. The maximum Gasteiger partial charge on any atom is 0.253 e. The Bertz CT molecular complexity index is 445.